The van der Waals surface area contributed by atoms with Crippen LogP contribution in [0.25, 0.3) is 0 Å². The van der Waals surface area contributed by atoms with E-state index in [4.69, 9.17) is 11.6 Å². The zero-order valence-corrected chi connectivity index (χ0v) is 15.3. The van der Waals surface area contributed by atoms with Crippen LogP contribution in [0.2, 0.25) is 5.02 Å². The number of nitrogens with one attached hydrogen (secondary N) is 1. The Balaban J connectivity index is 2.02. The SMILES string of the molecule is Cc1cc2c(cc1Cl)SC(Nc1ccccc1Br)=NS2(=O)=O. The maximum Gasteiger partial charge on any atom is 0.285 e. The van der Waals surface area contributed by atoms with Gasteiger partial charge >= 0.3 is 0 Å². The number of para-hydroxylation sites is 1. The van der Waals surface area contributed by atoms with E-state index in [1.807, 2.05) is 24.3 Å². The molecule has 1 aliphatic rings. The van der Waals surface area contributed by atoms with Gasteiger partial charge in [-0.05, 0) is 64.4 Å². The average molecular weight is 418 g/mol. The highest BCUT2D eigenvalue weighted by molar-refractivity contribution is 9.10. The third-order valence-electron chi connectivity index (χ3n) is 3.03. The molecule has 8 heteroatoms. The van der Waals surface area contributed by atoms with Crippen molar-refractivity contribution in [3.8, 4) is 0 Å². The van der Waals surface area contributed by atoms with E-state index >= 15 is 0 Å². The summed E-state index contributed by atoms with van der Waals surface area (Å²) in [6.45, 7) is 1.77. The van der Waals surface area contributed by atoms with E-state index in [2.05, 4.69) is 25.6 Å². The van der Waals surface area contributed by atoms with E-state index in [0.717, 1.165) is 10.2 Å². The van der Waals surface area contributed by atoms with Gasteiger partial charge in [0.2, 0.25) is 0 Å². The molecule has 0 aliphatic carbocycles. The maximum atomic E-state index is 12.3. The van der Waals surface area contributed by atoms with Crippen LogP contribution in [0.1, 0.15) is 5.56 Å². The predicted molar refractivity (Wildman–Crippen MR) is 94.4 cm³/mol. The second-order valence-electron chi connectivity index (χ2n) is 4.63. The summed E-state index contributed by atoms with van der Waals surface area (Å²) in [5.41, 5.74) is 1.45. The van der Waals surface area contributed by atoms with Crippen LogP contribution in [-0.4, -0.2) is 13.6 Å². The number of hydrogen-bond donors (Lipinski definition) is 1. The number of benzene rings is 2. The van der Waals surface area contributed by atoms with Gasteiger partial charge in [-0.2, -0.15) is 8.42 Å². The highest BCUT2D eigenvalue weighted by atomic mass is 79.9. The number of nitrogens with zero attached hydrogens (tertiary/aromatic N) is 1. The summed E-state index contributed by atoms with van der Waals surface area (Å²) < 4.78 is 29.3. The number of sulfonamides is 1. The lowest BCUT2D eigenvalue weighted by Gasteiger charge is -2.18. The molecule has 4 nitrogen and oxygen atoms in total. The first-order valence-electron chi connectivity index (χ1n) is 6.21. The van der Waals surface area contributed by atoms with Crippen molar-refractivity contribution >= 4 is 60.2 Å². The van der Waals surface area contributed by atoms with E-state index in [1.54, 1.807) is 19.1 Å². The van der Waals surface area contributed by atoms with Crippen LogP contribution in [0.4, 0.5) is 5.69 Å². The number of amidine groups is 1. The molecule has 0 atom stereocenters. The molecule has 2 aromatic carbocycles. The van der Waals surface area contributed by atoms with Crippen LogP contribution in [0.5, 0.6) is 0 Å². The summed E-state index contributed by atoms with van der Waals surface area (Å²) in [6.07, 6.45) is 0. The van der Waals surface area contributed by atoms with Crippen LogP contribution in [0.15, 0.2) is 55.1 Å². The van der Waals surface area contributed by atoms with Crippen molar-refractivity contribution in [3.05, 3.63) is 51.5 Å². The van der Waals surface area contributed by atoms with Gasteiger partial charge in [0.15, 0.2) is 5.17 Å². The minimum atomic E-state index is -3.73. The van der Waals surface area contributed by atoms with Gasteiger partial charge in [0, 0.05) is 14.4 Å². The van der Waals surface area contributed by atoms with Crippen molar-refractivity contribution < 1.29 is 8.42 Å². The summed E-state index contributed by atoms with van der Waals surface area (Å²) >= 11 is 10.7. The standard InChI is InChI=1S/C14H10BrClN2O2S2/c1-8-6-13-12(7-10(8)16)21-14(18-22(13,19)20)17-11-5-3-2-4-9(11)15/h2-7H,1H3,(H,17,18). The molecule has 0 bridgehead atoms. The molecule has 114 valence electrons. The van der Waals surface area contributed by atoms with Crippen molar-refractivity contribution in [2.24, 2.45) is 4.40 Å². The van der Waals surface area contributed by atoms with Crippen LogP contribution < -0.4 is 5.32 Å². The molecule has 2 aromatic rings. The van der Waals surface area contributed by atoms with Gasteiger partial charge < -0.3 is 5.32 Å². The zero-order valence-electron chi connectivity index (χ0n) is 11.3. The summed E-state index contributed by atoms with van der Waals surface area (Å²) in [5.74, 6) is 0. The van der Waals surface area contributed by atoms with Gasteiger partial charge in [-0.1, -0.05) is 23.7 Å². The Hall–Kier alpha value is -1.02. The van der Waals surface area contributed by atoms with E-state index in [9.17, 15) is 8.42 Å². The maximum absolute atomic E-state index is 12.3. The quantitative estimate of drug-likeness (QED) is 0.732. The second-order valence-corrected chi connectivity index (χ2v) is 8.49. The molecular weight excluding hydrogens is 408 g/mol. The summed E-state index contributed by atoms with van der Waals surface area (Å²) in [5, 5.41) is 3.85. The number of hydrogen-bond acceptors (Lipinski definition) is 4. The molecular formula is C14H10BrClN2O2S2. The number of thioether (sulfide) groups is 1. The van der Waals surface area contributed by atoms with Gasteiger partial charge in [-0.3, -0.25) is 0 Å². The Kier molecular flexibility index (Phi) is 4.24. The number of rotatable bonds is 1. The highest BCUT2D eigenvalue weighted by Gasteiger charge is 2.27. The lowest BCUT2D eigenvalue weighted by molar-refractivity contribution is 0.595. The molecule has 1 heterocycles. The molecule has 0 radical (unpaired) electrons. The fraction of sp³-hybridized carbons (Fsp3) is 0.0714. The Labute approximate surface area is 146 Å². The normalized spacial score (nSPS) is 15.9. The number of anilines is 1. The molecule has 0 saturated carbocycles. The minimum absolute atomic E-state index is 0.192. The molecule has 0 spiro atoms. The number of fused-ring (bicyclic) bond motifs is 1. The van der Waals surface area contributed by atoms with Gasteiger partial charge in [0.05, 0.1) is 5.69 Å². The molecule has 1 aliphatic heterocycles. The molecule has 0 fully saturated rings. The highest BCUT2D eigenvalue weighted by Crippen LogP contribution is 2.38. The lowest BCUT2D eigenvalue weighted by atomic mass is 10.2. The van der Waals surface area contributed by atoms with Gasteiger partial charge in [-0.15, -0.1) is 4.40 Å². The van der Waals surface area contributed by atoms with Crippen LogP contribution in [-0.2, 0) is 10.0 Å². The van der Waals surface area contributed by atoms with Gasteiger partial charge in [-0.25, -0.2) is 0 Å². The van der Waals surface area contributed by atoms with Crippen LogP contribution in [0.3, 0.4) is 0 Å². The molecule has 1 N–H and O–H groups in total. The molecule has 0 unspecified atom stereocenters. The largest absolute Gasteiger partial charge is 0.333 e. The van der Waals surface area contributed by atoms with Crippen molar-refractivity contribution in [1.29, 1.82) is 0 Å². The lowest BCUT2D eigenvalue weighted by Crippen LogP contribution is -2.16. The topological polar surface area (TPSA) is 58.5 Å². The number of halogens is 2. The molecule has 0 saturated heterocycles. The Bertz CT molecular complexity index is 898. The molecule has 3 rings (SSSR count). The van der Waals surface area contributed by atoms with Crippen molar-refractivity contribution in [2.45, 2.75) is 16.7 Å². The Morgan fingerprint density at radius 3 is 2.73 bits per heavy atom. The third-order valence-corrected chi connectivity index (χ3v) is 6.63. The Morgan fingerprint density at radius 1 is 1.27 bits per heavy atom. The second kappa shape index (κ2) is 5.88. The van der Waals surface area contributed by atoms with E-state index < -0.39 is 10.0 Å². The average Bonchev–Trinajstić information content (AvgIpc) is 2.43. The van der Waals surface area contributed by atoms with E-state index in [0.29, 0.717) is 20.6 Å². The first-order chi connectivity index (χ1) is 10.4. The van der Waals surface area contributed by atoms with Crippen molar-refractivity contribution in [3.63, 3.8) is 0 Å². The first-order valence-corrected chi connectivity index (χ1v) is 9.64. The fourth-order valence-corrected chi connectivity index (χ4v) is 5.13. The van der Waals surface area contributed by atoms with Crippen LogP contribution in [0, 0.1) is 6.92 Å². The van der Waals surface area contributed by atoms with Crippen LogP contribution >= 0.6 is 39.3 Å². The fourth-order valence-electron chi connectivity index (χ4n) is 1.93. The van der Waals surface area contributed by atoms with E-state index in [-0.39, 0.29) is 4.90 Å². The monoisotopic (exact) mass is 416 g/mol. The smallest absolute Gasteiger partial charge is 0.285 e. The minimum Gasteiger partial charge on any atom is -0.333 e. The van der Waals surface area contributed by atoms with Crippen molar-refractivity contribution in [1.82, 2.24) is 0 Å². The molecule has 0 aromatic heterocycles. The zero-order chi connectivity index (χ0) is 15.9. The summed E-state index contributed by atoms with van der Waals surface area (Å²) in [4.78, 5) is 0.761. The Morgan fingerprint density at radius 2 is 2.00 bits per heavy atom. The van der Waals surface area contributed by atoms with Gasteiger partial charge in [0.25, 0.3) is 10.0 Å². The summed E-state index contributed by atoms with van der Waals surface area (Å²) in [7, 11) is -3.73. The summed E-state index contributed by atoms with van der Waals surface area (Å²) in [6, 6.07) is 10.6. The van der Waals surface area contributed by atoms with E-state index in [1.165, 1.54) is 11.8 Å². The number of aryl methyl sites for hydroxylation is 1. The predicted octanol–water partition coefficient (Wildman–Crippen LogP) is 4.67. The molecule has 22 heavy (non-hydrogen) atoms. The molecule has 0 amide bonds. The first kappa shape index (κ1) is 15.9. The van der Waals surface area contributed by atoms with Crippen molar-refractivity contribution in [2.75, 3.05) is 5.32 Å². The third kappa shape index (κ3) is 3.03. The van der Waals surface area contributed by atoms with Gasteiger partial charge in [0.1, 0.15) is 4.90 Å².